The molecule has 0 radical (unpaired) electrons. The Bertz CT molecular complexity index is 716. The third-order valence-corrected chi connectivity index (χ3v) is 4.39. The van der Waals surface area contributed by atoms with Gasteiger partial charge in [0.15, 0.2) is 0 Å². The molecule has 21 heavy (non-hydrogen) atoms. The molecule has 108 valence electrons. The van der Waals surface area contributed by atoms with Crippen LogP contribution in [0.25, 0.3) is 0 Å². The van der Waals surface area contributed by atoms with Crippen LogP contribution in [0.15, 0.2) is 29.6 Å². The predicted molar refractivity (Wildman–Crippen MR) is 85.9 cm³/mol. The molecule has 6 heteroatoms. The van der Waals surface area contributed by atoms with Crippen LogP contribution >= 0.6 is 34.5 Å². The molecule has 1 aromatic carbocycles. The summed E-state index contributed by atoms with van der Waals surface area (Å²) in [5.74, 6) is 5.13. The molecule has 2 aromatic rings. The number of nitrogens with one attached hydrogen (secondary N) is 1. The third kappa shape index (κ3) is 3.99. The third-order valence-electron chi connectivity index (χ3n) is 2.65. The summed E-state index contributed by atoms with van der Waals surface area (Å²) in [4.78, 5) is 13.0. The van der Waals surface area contributed by atoms with Crippen molar-refractivity contribution in [1.82, 2.24) is 5.32 Å². The minimum Gasteiger partial charge on any atom is -0.384 e. The normalized spacial score (nSPS) is 9.86. The molecule has 0 aliphatic carbocycles. The number of carbonyl (C=O) groups is 1. The van der Waals surface area contributed by atoms with Crippen molar-refractivity contribution in [3.63, 3.8) is 0 Å². The number of halogens is 2. The van der Waals surface area contributed by atoms with Gasteiger partial charge in [-0.3, -0.25) is 4.79 Å². The second-order valence-electron chi connectivity index (χ2n) is 4.00. The van der Waals surface area contributed by atoms with E-state index in [9.17, 15) is 4.79 Å². The number of amides is 1. The maximum atomic E-state index is 12.1. The van der Waals surface area contributed by atoms with E-state index < -0.39 is 0 Å². The molecule has 0 fully saturated rings. The maximum Gasteiger partial charge on any atom is 0.253 e. The van der Waals surface area contributed by atoms with Crippen molar-refractivity contribution in [2.24, 2.45) is 0 Å². The molecule has 0 spiro atoms. The highest BCUT2D eigenvalue weighted by atomic mass is 35.5. The molecule has 2 N–H and O–H groups in total. The number of hydrogen-bond acceptors (Lipinski definition) is 3. The van der Waals surface area contributed by atoms with Crippen molar-refractivity contribution >= 4 is 40.4 Å². The van der Waals surface area contributed by atoms with E-state index in [-0.39, 0.29) is 17.5 Å². The van der Waals surface area contributed by atoms with Gasteiger partial charge < -0.3 is 10.4 Å². The van der Waals surface area contributed by atoms with E-state index in [0.29, 0.717) is 17.1 Å². The van der Waals surface area contributed by atoms with Gasteiger partial charge in [0.05, 0.1) is 22.2 Å². The van der Waals surface area contributed by atoms with Gasteiger partial charge in [0, 0.05) is 10.4 Å². The minimum absolute atomic E-state index is 0.195. The Hall–Kier alpha value is -1.51. The summed E-state index contributed by atoms with van der Waals surface area (Å²) in [6, 6.07) is 6.76. The van der Waals surface area contributed by atoms with E-state index in [2.05, 4.69) is 17.2 Å². The second kappa shape index (κ2) is 7.48. The number of hydrogen-bond donors (Lipinski definition) is 2. The highest BCUT2D eigenvalue weighted by Crippen LogP contribution is 2.25. The number of thiophene rings is 1. The van der Waals surface area contributed by atoms with Crippen molar-refractivity contribution in [2.45, 2.75) is 6.54 Å². The Labute approximate surface area is 136 Å². The maximum absolute atomic E-state index is 12.1. The van der Waals surface area contributed by atoms with Crippen LogP contribution < -0.4 is 5.32 Å². The summed E-state index contributed by atoms with van der Waals surface area (Å²) < 4.78 is 0. The zero-order chi connectivity index (χ0) is 15.2. The van der Waals surface area contributed by atoms with Gasteiger partial charge in [0.2, 0.25) is 0 Å². The Morgan fingerprint density at radius 2 is 2.14 bits per heavy atom. The highest BCUT2D eigenvalue weighted by molar-refractivity contribution is 7.10. The van der Waals surface area contributed by atoms with Gasteiger partial charge in [-0.25, -0.2) is 0 Å². The van der Waals surface area contributed by atoms with Crippen LogP contribution in [0.4, 0.5) is 0 Å². The summed E-state index contributed by atoms with van der Waals surface area (Å²) >= 11 is 13.4. The van der Waals surface area contributed by atoms with Crippen LogP contribution in [0.3, 0.4) is 0 Å². The second-order valence-corrected chi connectivity index (χ2v) is 5.79. The molecule has 1 amide bonds. The zero-order valence-corrected chi connectivity index (χ0v) is 13.1. The minimum atomic E-state index is -0.294. The summed E-state index contributed by atoms with van der Waals surface area (Å²) in [7, 11) is 0. The fraction of sp³-hybridized carbons (Fsp3) is 0.133. The van der Waals surface area contributed by atoms with E-state index in [1.807, 2.05) is 11.4 Å². The number of benzene rings is 1. The summed E-state index contributed by atoms with van der Waals surface area (Å²) in [6.45, 7) is 0.147. The van der Waals surface area contributed by atoms with Gasteiger partial charge in [-0.1, -0.05) is 41.1 Å². The molecule has 0 unspecified atom stereocenters. The van der Waals surface area contributed by atoms with Gasteiger partial charge in [-0.2, -0.15) is 0 Å². The Kier molecular flexibility index (Phi) is 5.66. The van der Waals surface area contributed by atoms with Gasteiger partial charge in [0.1, 0.15) is 6.61 Å². The summed E-state index contributed by atoms with van der Waals surface area (Å²) in [5.41, 5.74) is 1.13. The number of aliphatic hydroxyl groups excluding tert-OH is 1. The molecule has 0 saturated carbocycles. The molecule has 1 aromatic heterocycles. The molecule has 0 aliphatic heterocycles. The highest BCUT2D eigenvalue weighted by Gasteiger charge is 2.13. The smallest absolute Gasteiger partial charge is 0.253 e. The lowest BCUT2D eigenvalue weighted by Crippen LogP contribution is -2.23. The zero-order valence-electron chi connectivity index (χ0n) is 10.8. The first-order valence-corrected chi connectivity index (χ1v) is 7.65. The molecule has 1 heterocycles. The van der Waals surface area contributed by atoms with E-state index >= 15 is 0 Å². The van der Waals surface area contributed by atoms with Crippen molar-refractivity contribution in [1.29, 1.82) is 0 Å². The SMILES string of the molecule is O=C(NCc1sccc1C#CCO)c1cccc(Cl)c1Cl. The monoisotopic (exact) mass is 339 g/mol. The number of aliphatic hydroxyl groups is 1. The number of rotatable bonds is 3. The van der Waals surface area contributed by atoms with Crippen LogP contribution in [0.5, 0.6) is 0 Å². The molecule has 0 saturated heterocycles. The standard InChI is InChI=1S/C15H11Cl2NO2S/c16-12-5-1-4-11(14(12)17)15(20)18-9-13-10(3-2-7-19)6-8-21-13/h1,4-6,8,19H,7,9H2,(H,18,20). The average Bonchev–Trinajstić information content (AvgIpc) is 2.93. The predicted octanol–water partition coefficient (Wildman–Crippen LogP) is 3.33. The molecule has 3 nitrogen and oxygen atoms in total. The Morgan fingerprint density at radius 1 is 1.33 bits per heavy atom. The van der Waals surface area contributed by atoms with E-state index in [1.54, 1.807) is 18.2 Å². The van der Waals surface area contributed by atoms with Crippen LogP contribution in [0.2, 0.25) is 10.0 Å². The average molecular weight is 340 g/mol. The van der Waals surface area contributed by atoms with Crippen LogP contribution in [-0.4, -0.2) is 17.6 Å². The van der Waals surface area contributed by atoms with E-state index in [1.165, 1.54) is 11.3 Å². The lowest BCUT2D eigenvalue weighted by molar-refractivity contribution is 0.0951. The van der Waals surface area contributed by atoms with Crippen LogP contribution in [-0.2, 0) is 6.54 Å². The first-order chi connectivity index (χ1) is 10.1. The molecule has 2 rings (SSSR count). The molecule has 0 aliphatic rings. The fourth-order valence-electron chi connectivity index (χ4n) is 1.66. The lowest BCUT2D eigenvalue weighted by Gasteiger charge is -2.07. The fourth-order valence-corrected chi connectivity index (χ4v) is 2.81. The molecular weight excluding hydrogens is 329 g/mol. The quantitative estimate of drug-likeness (QED) is 0.842. The van der Waals surface area contributed by atoms with Crippen LogP contribution in [0, 0.1) is 11.8 Å². The Balaban J connectivity index is 2.08. The molecule has 0 atom stereocenters. The van der Waals surface area contributed by atoms with E-state index in [0.717, 1.165) is 10.4 Å². The first-order valence-electron chi connectivity index (χ1n) is 6.01. The van der Waals surface area contributed by atoms with Crippen molar-refractivity contribution in [3.8, 4) is 11.8 Å². The summed E-state index contributed by atoms with van der Waals surface area (Å²) in [5, 5.41) is 14.0. The Morgan fingerprint density at radius 3 is 2.90 bits per heavy atom. The van der Waals surface area contributed by atoms with Crippen molar-refractivity contribution in [2.75, 3.05) is 6.61 Å². The molecule has 0 bridgehead atoms. The number of carbonyl (C=O) groups excluding carboxylic acids is 1. The lowest BCUT2D eigenvalue weighted by atomic mass is 10.2. The van der Waals surface area contributed by atoms with E-state index in [4.69, 9.17) is 28.3 Å². The van der Waals surface area contributed by atoms with Crippen LogP contribution in [0.1, 0.15) is 20.8 Å². The van der Waals surface area contributed by atoms with Crippen molar-refractivity contribution < 1.29 is 9.90 Å². The van der Waals surface area contributed by atoms with Gasteiger partial charge in [-0.05, 0) is 23.6 Å². The topological polar surface area (TPSA) is 49.3 Å². The largest absolute Gasteiger partial charge is 0.384 e. The van der Waals surface area contributed by atoms with Gasteiger partial charge in [-0.15, -0.1) is 11.3 Å². The first kappa shape index (κ1) is 15.9. The molecular formula is C15H11Cl2NO2S. The van der Waals surface area contributed by atoms with Gasteiger partial charge in [0.25, 0.3) is 5.91 Å². The van der Waals surface area contributed by atoms with Gasteiger partial charge >= 0.3 is 0 Å². The summed E-state index contributed by atoms with van der Waals surface area (Å²) in [6.07, 6.45) is 0. The van der Waals surface area contributed by atoms with Crippen molar-refractivity contribution in [3.05, 3.63) is 55.7 Å².